The Kier molecular flexibility index (Phi) is 4.36. The zero-order valence-electron chi connectivity index (χ0n) is 14.2. The molecule has 0 amide bonds. The third-order valence-electron chi connectivity index (χ3n) is 6.26. The normalized spacial score (nSPS) is 31.5. The van der Waals surface area contributed by atoms with Crippen molar-refractivity contribution in [1.29, 1.82) is 0 Å². The Labute approximate surface area is 149 Å². The van der Waals surface area contributed by atoms with Crippen molar-refractivity contribution in [3.63, 3.8) is 0 Å². The van der Waals surface area contributed by atoms with Crippen LogP contribution in [0.4, 0.5) is 0 Å². The molecule has 0 radical (unpaired) electrons. The van der Waals surface area contributed by atoms with E-state index >= 15 is 0 Å². The number of piperidine rings is 1. The molecule has 2 bridgehead atoms. The Balaban J connectivity index is 1.42. The number of nitrogens with zero attached hydrogens (tertiary/aromatic N) is 1. The maximum atomic E-state index is 11.2. The molecule has 3 atom stereocenters. The highest BCUT2D eigenvalue weighted by atomic mass is 35.5. The summed E-state index contributed by atoms with van der Waals surface area (Å²) >= 11 is 6.15. The molecule has 1 aromatic carbocycles. The van der Waals surface area contributed by atoms with Crippen LogP contribution in [0.3, 0.4) is 0 Å². The number of aliphatic hydroxyl groups is 1. The summed E-state index contributed by atoms with van der Waals surface area (Å²) in [6, 6.07) is 5.52. The van der Waals surface area contributed by atoms with E-state index in [0.29, 0.717) is 5.02 Å². The van der Waals surface area contributed by atoms with Crippen LogP contribution < -0.4 is 4.74 Å². The lowest BCUT2D eigenvalue weighted by atomic mass is 9.83. The van der Waals surface area contributed by atoms with Crippen LogP contribution in [0, 0.1) is 17.8 Å². The Morgan fingerprint density at radius 3 is 2.67 bits per heavy atom. The summed E-state index contributed by atoms with van der Waals surface area (Å²) in [7, 11) is 1.65. The first kappa shape index (κ1) is 16.4. The Morgan fingerprint density at radius 1 is 1.25 bits per heavy atom. The summed E-state index contributed by atoms with van der Waals surface area (Å²) < 4.78 is 5.45. The molecule has 3 nitrogen and oxygen atoms in total. The number of likely N-dealkylation sites (tertiary alicyclic amines) is 1. The molecule has 1 saturated heterocycles. The van der Waals surface area contributed by atoms with Gasteiger partial charge in [-0.25, -0.2) is 0 Å². The predicted octanol–water partition coefficient (Wildman–Crippen LogP) is 3.84. The maximum absolute atomic E-state index is 11.2. The summed E-state index contributed by atoms with van der Waals surface area (Å²) in [5.41, 5.74) is 0.00132. The second-order valence-electron chi connectivity index (χ2n) is 7.72. The fraction of sp³-hybridized carbons (Fsp3) is 0.600. The molecule has 0 spiro atoms. The van der Waals surface area contributed by atoms with Gasteiger partial charge in [0.05, 0.1) is 12.7 Å². The second-order valence-corrected chi connectivity index (χ2v) is 8.15. The lowest BCUT2D eigenvalue weighted by Gasteiger charge is -2.40. The van der Waals surface area contributed by atoms with Gasteiger partial charge in [0.15, 0.2) is 0 Å². The van der Waals surface area contributed by atoms with Crippen molar-refractivity contribution in [2.75, 3.05) is 26.7 Å². The highest BCUT2D eigenvalue weighted by Gasteiger charge is 2.40. The average Bonchev–Trinajstić information content (AvgIpc) is 3.20. The number of hydrogen-bond donors (Lipinski definition) is 1. The van der Waals surface area contributed by atoms with Gasteiger partial charge >= 0.3 is 0 Å². The molecule has 0 aromatic heterocycles. The first-order valence-electron chi connectivity index (χ1n) is 9.04. The van der Waals surface area contributed by atoms with Crippen molar-refractivity contribution >= 4 is 11.6 Å². The number of hydrogen-bond acceptors (Lipinski definition) is 3. The van der Waals surface area contributed by atoms with Crippen LogP contribution in [0.1, 0.15) is 31.2 Å². The van der Waals surface area contributed by atoms with Gasteiger partial charge in [0.25, 0.3) is 0 Å². The van der Waals surface area contributed by atoms with Crippen LogP contribution in [0.15, 0.2) is 30.4 Å². The van der Waals surface area contributed by atoms with E-state index in [1.807, 2.05) is 18.2 Å². The van der Waals surface area contributed by atoms with Gasteiger partial charge < -0.3 is 14.7 Å². The topological polar surface area (TPSA) is 32.7 Å². The Bertz CT molecular complexity index is 637. The molecule has 130 valence electrons. The highest BCUT2D eigenvalue weighted by Crippen LogP contribution is 2.45. The molecule has 3 aliphatic rings. The fourth-order valence-electron chi connectivity index (χ4n) is 4.85. The maximum Gasteiger partial charge on any atom is 0.125 e. The summed E-state index contributed by atoms with van der Waals surface area (Å²) in [5, 5.41) is 11.8. The standard InChI is InChI=1S/C20H26ClNO2/c1-24-19-5-4-17(21)12-18(19)20(23)6-8-22(9-7-20)13-16-11-14-2-3-15(16)10-14/h2-5,12,14-16,23H,6-11,13H2,1H3/t14-,15?,16-/m0/s1. The molecular weight excluding hydrogens is 322 g/mol. The summed E-state index contributed by atoms with van der Waals surface area (Å²) in [6.07, 6.45) is 9.02. The predicted molar refractivity (Wildman–Crippen MR) is 96.4 cm³/mol. The monoisotopic (exact) mass is 347 g/mol. The number of benzene rings is 1. The van der Waals surface area contributed by atoms with Gasteiger partial charge in [-0.2, -0.15) is 0 Å². The molecule has 1 saturated carbocycles. The van der Waals surface area contributed by atoms with Crippen molar-refractivity contribution in [2.24, 2.45) is 17.8 Å². The molecular formula is C20H26ClNO2. The van der Waals surface area contributed by atoms with Crippen LogP contribution in [0.25, 0.3) is 0 Å². The number of allylic oxidation sites excluding steroid dienone is 2. The third-order valence-corrected chi connectivity index (χ3v) is 6.49. The number of ether oxygens (including phenoxy) is 1. The largest absolute Gasteiger partial charge is 0.496 e. The smallest absolute Gasteiger partial charge is 0.125 e. The Hall–Kier alpha value is -1.03. The van der Waals surface area contributed by atoms with E-state index in [1.165, 1.54) is 19.4 Å². The zero-order valence-corrected chi connectivity index (χ0v) is 15.0. The van der Waals surface area contributed by atoms with Gasteiger partial charge in [-0.05, 0) is 61.6 Å². The van der Waals surface area contributed by atoms with E-state index in [2.05, 4.69) is 17.1 Å². The van der Waals surface area contributed by atoms with Crippen LogP contribution in [-0.4, -0.2) is 36.8 Å². The van der Waals surface area contributed by atoms with Crippen molar-refractivity contribution < 1.29 is 9.84 Å². The van der Waals surface area contributed by atoms with Gasteiger partial charge in [-0.15, -0.1) is 0 Å². The number of rotatable bonds is 4. The van der Waals surface area contributed by atoms with Crippen molar-refractivity contribution in [3.8, 4) is 5.75 Å². The van der Waals surface area contributed by atoms with E-state index in [-0.39, 0.29) is 0 Å². The van der Waals surface area contributed by atoms with E-state index in [4.69, 9.17) is 16.3 Å². The van der Waals surface area contributed by atoms with E-state index in [1.54, 1.807) is 7.11 Å². The lowest BCUT2D eigenvalue weighted by molar-refractivity contribution is -0.0309. The van der Waals surface area contributed by atoms with Gasteiger partial charge in [0.1, 0.15) is 5.75 Å². The average molecular weight is 348 g/mol. The van der Waals surface area contributed by atoms with Crippen LogP contribution in [-0.2, 0) is 5.60 Å². The summed E-state index contributed by atoms with van der Waals surface area (Å²) in [5.74, 6) is 3.17. The number of fused-ring (bicyclic) bond motifs is 2. The summed E-state index contributed by atoms with van der Waals surface area (Å²) in [6.45, 7) is 3.04. The first-order chi connectivity index (χ1) is 11.6. The Morgan fingerprint density at radius 2 is 2.04 bits per heavy atom. The highest BCUT2D eigenvalue weighted by molar-refractivity contribution is 6.30. The molecule has 1 aromatic rings. The van der Waals surface area contributed by atoms with Gasteiger partial charge in [0, 0.05) is 30.2 Å². The molecule has 1 unspecified atom stereocenters. The summed E-state index contributed by atoms with van der Waals surface area (Å²) in [4.78, 5) is 2.53. The first-order valence-corrected chi connectivity index (χ1v) is 9.42. The van der Waals surface area contributed by atoms with E-state index in [0.717, 1.165) is 55.0 Å². The van der Waals surface area contributed by atoms with E-state index in [9.17, 15) is 5.11 Å². The molecule has 2 aliphatic carbocycles. The molecule has 1 heterocycles. The molecule has 1 aliphatic heterocycles. The van der Waals surface area contributed by atoms with Gasteiger partial charge in [-0.3, -0.25) is 0 Å². The quantitative estimate of drug-likeness (QED) is 0.840. The van der Waals surface area contributed by atoms with Gasteiger partial charge in [-0.1, -0.05) is 23.8 Å². The minimum atomic E-state index is -0.832. The van der Waals surface area contributed by atoms with E-state index < -0.39 is 5.60 Å². The second kappa shape index (κ2) is 6.36. The van der Waals surface area contributed by atoms with Crippen LogP contribution in [0.5, 0.6) is 5.75 Å². The molecule has 4 heteroatoms. The third kappa shape index (κ3) is 2.98. The van der Waals surface area contributed by atoms with Crippen molar-refractivity contribution in [3.05, 3.63) is 40.9 Å². The zero-order chi connectivity index (χ0) is 16.7. The molecule has 2 fully saturated rings. The minimum Gasteiger partial charge on any atom is -0.496 e. The van der Waals surface area contributed by atoms with Gasteiger partial charge in [0.2, 0.25) is 0 Å². The van der Waals surface area contributed by atoms with Crippen molar-refractivity contribution in [2.45, 2.75) is 31.3 Å². The lowest BCUT2D eigenvalue weighted by Crippen LogP contribution is -2.44. The van der Waals surface area contributed by atoms with Crippen LogP contribution >= 0.6 is 11.6 Å². The number of halogens is 1. The van der Waals surface area contributed by atoms with Crippen LogP contribution in [0.2, 0.25) is 5.02 Å². The molecule has 4 rings (SSSR count). The minimum absolute atomic E-state index is 0.649. The van der Waals surface area contributed by atoms with Crippen molar-refractivity contribution in [1.82, 2.24) is 4.90 Å². The fourth-order valence-corrected chi connectivity index (χ4v) is 5.03. The SMILES string of the molecule is COc1ccc(Cl)cc1C1(O)CCN(C[C@@H]2C[C@H]3C=CC2C3)CC1. The molecule has 24 heavy (non-hydrogen) atoms. The molecule has 1 N–H and O–H groups in total. The number of methoxy groups -OCH3 is 1.